The molecule has 3 aromatic rings. The Hall–Kier alpha value is -2.36. The lowest BCUT2D eigenvalue weighted by atomic mass is 10.1. The fraction of sp³-hybridized carbons (Fsp3) is 0.250. The summed E-state index contributed by atoms with van der Waals surface area (Å²) in [5, 5.41) is 0.772. The van der Waals surface area contributed by atoms with Gasteiger partial charge in [0.15, 0.2) is 0 Å². The first-order chi connectivity index (χ1) is 14.0. The number of aromatic nitrogens is 2. The molecular formula is C20H19BrN4O3S. The Labute approximate surface area is 177 Å². The van der Waals surface area contributed by atoms with Crippen LogP contribution in [0.5, 0.6) is 0 Å². The number of carbonyl (C=O) groups excluding carboxylic acids is 1. The molecule has 0 radical (unpaired) electrons. The van der Waals surface area contributed by atoms with Gasteiger partial charge < -0.3 is 4.90 Å². The molecule has 1 unspecified atom stereocenters. The second-order valence-corrected chi connectivity index (χ2v) is 9.54. The molecular weight excluding hydrogens is 456 g/mol. The summed E-state index contributed by atoms with van der Waals surface area (Å²) in [7, 11) is -3.67. The number of benzene rings is 1. The van der Waals surface area contributed by atoms with Crippen molar-refractivity contribution in [1.29, 1.82) is 0 Å². The molecule has 1 aliphatic heterocycles. The van der Waals surface area contributed by atoms with Gasteiger partial charge >= 0.3 is 0 Å². The summed E-state index contributed by atoms with van der Waals surface area (Å²) in [6.45, 7) is 0.756. The average molecular weight is 475 g/mol. The van der Waals surface area contributed by atoms with Crippen molar-refractivity contribution in [1.82, 2.24) is 19.6 Å². The smallest absolute Gasteiger partial charge is 0.254 e. The summed E-state index contributed by atoms with van der Waals surface area (Å²) in [5.41, 5.74) is 1.31. The molecule has 150 valence electrons. The molecule has 0 aliphatic carbocycles. The molecule has 2 aromatic heterocycles. The minimum atomic E-state index is -3.67. The third-order valence-electron chi connectivity index (χ3n) is 5.03. The number of hydrogen-bond acceptors (Lipinski definition) is 5. The van der Waals surface area contributed by atoms with E-state index in [-0.39, 0.29) is 23.4 Å². The Balaban J connectivity index is 1.55. The molecule has 0 bridgehead atoms. The van der Waals surface area contributed by atoms with Gasteiger partial charge in [0.05, 0.1) is 11.1 Å². The van der Waals surface area contributed by atoms with E-state index in [1.165, 1.54) is 18.5 Å². The quantitative estimate of drug-likeness (QED) is 0.613. The van der Waals surface area contributed by atoms with Crippen molar-refractivity contribution in [2.24, 2.45) is 0 Å². The van der Waals surface area contributed by atoms with Crippen LogP contribution in [-0.4, -0.2) is 48.3 Å². The van der Waals surface area contributed by atoms with Gasteiger partial charge in [0.2, 0.25) is 10.0 Å². The van der Waals surface area contributed by atoms with Crippen molar-refractivity contribution in [3.8, 4) is 0 Å². The highest BCUT2D eigenvalue weighted by Gasteiger charge is 2.31. The van der Waals surface area contributed by atoms with Crippen molar-refractivity contribution >= 4 is 42.8 Å². The lowest BCUT2D eigenvalue weighted by Crippen LogP contribution is -2.43. The molecule has 0 spiro atoms. The molecule has 1 atom stereocenters. The van der Waals surface area contributed by atoms with Gasteiger partial charge in [0.25, 0.3) is 5.91 Å². The van der Waals surface area contributed by atoms with E-state index in [1.807, 2.05) is 18.2 Å². The largest absolute Gasteiger partial charge is 0.334 e. The zero-order valence-corrected chi connectivity index (χ0v) is 17.9. The number of nitrogens with one attached hydrogen (secondary N) is 1. The van der Waals surface area contributed by atoms with Gasteiger partial charge in [-0.2, -0.15) is 0 Å². The number of rotatable bonds is 5. The van der Waals surface area contributed by atoms with Gasteiger partial charge in [-0.15, -0.1) is 0 Å². The van der Waals surface area contributed by atoms with Crippen molar-refractivity contribution in [2.45, 2.75) is 23.8 Å². The molecule has 3 heterocycles. The molecule has 1 aromatic carbocycles. The summed E-state index contributed by atoms with van der Waals surface area (Å²) in [4.78, 5) is 23.3. The summed E-state index contributed by atoms with van der Waals surface area (Å²) in [6.07, 6.45) is 6.03. The van der Waals surface area contributed by atoms with Crippen LogP contribution >= 0.6 is 15.9 Å². The normalized spacial score (nSPS) is 17.0. The maximum Gasteiger partial charge on any atom is 0.254 e. The molecule has 1 fully saturated rings. The number of hydrogen-bond donors (Lipinski definition) is 1. The Kier molecular flexibility index (Phi) is 5.62. The SMILES string of the molecule is O=C(c1ccnc2ccc(Br)cc12)N1CCCC1CNS(=O)(=O)c1cccnc1. The van der Waals surface area contributed by atoms with Crippen LogP contribution in [0.3, 0.4) is 0 Å². The first kappa shape index (κ1) is 19.9. The Bertz CT molecular complexity index is 1150. The molecule has 9 heteroatoms. The number of carbonyl (C=O) groups is 1. The predicted molar refractivity (Wildman–Crippen MR) is 113 cm³/mol. The van der Waals surface area contributed by atoms with Gasteiger partial charge in [-0.25, -0.2) is 13.1 Å². The van der Waals surface area contributed by atoms with Gasteiger partial charge in [-0.1, -0.05) is 15.9 Å². The Morgan fingerprint density at radius 1 is 1.24 bits per heavy atom. The zero-order valence-electron chi connectivity index (χ0n) is 15.5. The van der Waals surface area contributed by atoms with E-state index in [0.29, 0.717) is 12.1 Å². The van der Waals surface area contributed by atoms with Crippen LogP contribution in [0.15, 0.2) is 64.4 Å². The third kappa shape index (κ3) is 4.17. The molecule has 1 amide bonds. The Morgan fingerprint density at radius 3 is 2.90 bits per heavy atom. The summed E-state index contributed by atoms with van der Waals surface area (Å²) < 4.78 is 28.4. The summed E-state index contributed by atoms with van der Waals surface area (Å²) >= 11 is 3.45. The molecule has 29 heavy (non-hydrogen) atoms. The van der Waals surface area contributed by atoms with Crippen LogP contribution in [0.1, 0.15) is 23.2 Å². The van der Waals surface area contributed by atoms with Gasteiger partial charge in [0.1, 0.15) is 4.90 Å². The van der Waals surface area contributed by atoms with E-state index in [9.17, 15) is 13.2 Å². The van der Waals surface area contributed by atoms with Crippen molar-refractivity contribution in [2.75, 3.05) is 13.1 Å². The van der Waals surface area contributed by atoms with Crippen LogP contribution in [0, 0.1) is 0 Å². The average Bonchev–Trinajstić information content (AvgIpc) is 3.21. The number of likely N-dealkylation sites (tertiary alicyclic amines) is 1. The fourth-order valence-corrected chi connectivity index (χ4v) is 4.97. The van der Waals surface area contributed by atoms with E-state index in [2.05, 4.69) is 30.6 Å². The molecule has 1 aliphatic rings. The number of sulfonamides is 1. The standard InChI is InChI=1S/C20H19BrN4O3S/c21-14-5-6-19-18(11-14)17(7-9-23-19)20(26)25-10-2-3-15(25)12-24-29(27,28)16-4-1-8-22-13-16/h1,4-9,11,13,15,24H,2-3,10,12H2. The van der Waals surface area contributed by atoms with Gasteiger partial charge in [-0.05, 0) is 49.2 Å². The summed E-state index contributed by atoms with van der Waals surface area (Å²) in [5.74, 6) is -0.112. The third-order valence-corrected chi connectivity index (χ3v) is 6.93. The van der Waals surface area contributed by atoms with Gasteiger partial charge in [-0.3, -0.25) is 14.8 Å². The van der Waals surface area contributed by atoms with Crippen LogP contribution in [0.2, 0.25) is 0 Å². The van der Waals surface area contributed by atoms with E-state index in [4.69, 9.17) is 0 Å². The molecule has 0 saturated carbocycles. The topological polar surface area (TPSA) is 92.3 Å². The predicted octanol–water partition coefficient (Wildman–Crippen LogP) is 2.98. The molecule has 7 nitrogen and oxygen atoms in total. The monoisotopic (exact) mass is 474 g/mol. The van der Waals surface area contributed by atoms with E-state index < -0.39 is 10.0 Å². The number of halogens is 1. The highest BCUT2D eigenvalue weighted by molar-refractivity contribution is 9.10. The second-order valence-electron chi connectivity index (χ2n) is 6.86. The highest BCUT2D eigenvalue weighted by atomic mass is 79.9. The van der Waals surface area contributed by atoms with E-state index in [1.54, 1.807) is 23.2 Å². The first-order valence-corrected chi connectivity index (χ1v) is 11.5. The first-order valence-electron chi connectivity index (χ1n) is 9.21. The van der Waals surface area contributed by atoms with Crippen LogP contribution in [0.4, 0.5) is 0 Å². The van der Waals surface area contributed by atoms with Crippen molar-refractivity contribution in [3.63, 3.8) is 0 Å². The zero-order chi connectivity index (χ0) is 20.4. The maximum absolute atomic E-state index is 13.3. The fourth-order valence-electron chi connectivity index (χ4n) is 3.57. The highest BCUT2D eigenvalue weighted by Crippen LogP contribution is 2.26. The second kappa shape index (κ2) is 8.17. The van der Waals surface area contributed by atoms with Crippen LogP contribution in [0.25, 0.3) is 10.9 Å². The molecule has 4 rings (SSSR count). The lowest BCUT2D eigenvalue weighted by molar-refractivity contribution is 0.0740. The van der Waals surface area contributed by atoms with Gasteiger partial charge in [0, 0.05) is 47.6 Å². The van der Waals surface area contributed by atoms with E-state index >= 15 is 0 Å². The minimum absolute atomic E-state index is 0.112. The van der Waals surface area contributed by atoms with Crippen LogP contribution in [-0.2, 0) is 10.0 Å². The summed E-state index contributed by atoms with van der Waals surface area (Å²) in [6, 6.07) is 10.2. The molecule has 1 N–H and O–H groups in total. The number of nitrogens with zero attached hydrogens (tertiary/aromatic N) is 3. The van der Waals surface area contributed by atoms with Crippen molar-refractivity contribution < 1.29 is 13.2 Å². The van der Waals surface area contributed by atoms with Crippen molar-refractivity contribution in [3.05, 3.63) is 65.0 Å². The van der Waals surface area contributed by atoms with Crippen LogP contribution < -0.4 is 4.72 Å². The number of amides is 1. The minimum Gasteiger partial charge on any atom is -0.334 e. The Morgan fingerprint density at radius 2 is 2.10 bits per heavy atom. The number of fused-ring (bicyclic) bond motifs is 1. The lowest BCUT2D eigenvalue weighted by Gasteiger charge is -2.25. The maximum atomic E-state index is 13.3. The van der Waals surface area contributed by atoms with E-state index in [0.717, 1.165) is 28.2 Å². The molecule has 1 saturated heterocycles. The number of pyridine rings is 2.